The smallest absolute Gasteiger partial charge is 0.309 e. The second-order valence-electron chi connectivity index (χ2n) is 5.70. The molecule has 0 heterocycles. The maximum Gasteiger partial charge on any atom is 0.309 e. The highest BCUT2D eigenvalue weighted by molar-refractivity contribution is 5.97. The molecule has 118 valence electrons. The Balaban J connectivity index is 1.63. The first-order valence-electron chi connectivity index (χ1n) is 7.85. The van der Waals surface area contributed by atoms with Gasteiger partial charge in [-0.05, 0) is 24.5 Å². The summed E-state index contributed by atoms with van der Waals surface area (Å²) < 4.78 is 5.07. The Bertz CT molecular complexity index is 693. The Hall–Kier alpha value is -2.62. The van der Waals surface area contributed by atoms with Gasteiger partial charge in [0.1, 0.15) is 0 Å². The number of benzene rings is 2. The lowest BCUT2D eigenvalue weighted by molar-refractivity contribution is -0.154. The number of hydrogen-bond donors (Lipinski definition) is 1. The predicted octanol–water partition coefficient (Wildman–Crippen LogP) is 3.64. The third kappa shape index (κ3) is 3.77. The molecule has 2 aromatic carbocycles. The third-order valence-corrected chi connectivity index (χ3v) is 4.07. The Morgan fingerprint density at radius 2 is 1.70 bits per heavy atom. The van der Waals surface area contributed by atoms with E-state index < -0.39 is 0 Å². The highest BCUT2D eigenvalue weighted by Crippen LogP contribution is 2.28. The van der Waals surface area contributed by atoms with Gasteiger partial charge in [0.05, 0.1) is 5.92 Å². The number of ether oxygens (including phenoxy) is 1. The van der Waals surface area contributed by atoms with E-state index in [9.17, 15) is 9.59 Å². The molecule has 1 N–H and O–H groups in total. The molecule has 1 fully saturated rings. The van der Waals surface area contributed by atoms with Crippen LogP contribution < -0.4 is 5.32 Å². The molecule has 1 aliphatic carbocycles. The third-order valence-electron chi connectivity index (χ3n) is 4.07. The number of anilines is 1. The minimum absolute atomic E-state index is 0.0144. The van der Waals surface area contributed by atoms with Crippen LogP contribution >= 0.6 is 0 Å². The second-order valence-corrected chi connectivity index (χ2v) is 5.70. The van der Waals surface area contributed by atoms with Gasteiger partial charge in [-0.3, -0.25) is 9.59 Å². The van der Waals surface area contributed by atoms with E-state index in [0.29, 0.717) is 5.69 Å². The van der Waals surface area contributed by atoms with Crippen molar-refractivity contribution in [2.45, 2.75) is 19.3 Å². The van der Waals surface area contributed by atoms with Crippen molar-refractivity contribution in [2.24, 2.45) is 5.92 Å². The second kappa shape index (κ2) is 7.09. The number of carbonyl (C=O) groups excluding carboxylic acids is 2. The summed E-state index contributed by atoms with van der Waals surface area (Å²) in [5, 5.41) is 2.82. The highest BCUT2D eigenvalue weighted by Gasteiger charge is 2.27. The molecule has 0 unspecified atom stereocenters. The molecule has 4 nitrogen and oxygen atoms in total. The minimum atomic E-state index is -0.318. The summed E-state index contributed by atoms with van der Waals surface area (Å²) in [4.78, 5) is 23.7. The van der Waals surface area contributed by atoms with Crippen LogP contribution in [-0.4, -0.2) is 18.5 Å². The number of amides is 1. The van der Waals surface area contributed by atoms with Crippen molar-refractivity contribution >= 4 is 17.6 Å². The predicted molar refractivity (Wildman–Crippen MR) is 88.8 cm³/mol. The van der Waals surface area contributed by atoms with Gasteiger partial charge in [-0.15, -0.1) is 0 Å². The summed E-state index contributed by atoms with van der Waals surface area (Å²) in [6.45, 7) is -0.238. The number of carbonyl (C=O) groups is 2. The maximum atomic E-state index is 12.0. The molecule has 23 heavy (non-hydrogen) atoms. The summed E-state index contributed by atoms with van der Waals surface area (Å²) in [5.41, 5.74) is 2.67. The van der Waals surface area contributed by atoms with Gasteiger partial charge in [0.25, 0.3) is 5.91 Å². The van der Waals surface area contributed by atoms with Crippen LogP contribution in [0.1, 0.15) is 19.3 Å². The number of nitrogens with one attached hydrogen (secondary N) is 1. The molecule has 0 radical (unpaired) electrons. The number of hydrogen-bond acceptors (Lipinski definition) is 3. The van der Waals surface area contributed by atoms with Crippen molar-refractivity contribution in [1.82, 2.24) is 0 Å². The summed E-state index contributed by atoms with van der Waals surface area (Å²) in [5.74, 6) is -0.594. The van der Waals surface area contributed by atoms with Crippen molar-refractivity contribution in [3.05, 3.63) is 54.6 Å². The van der Waals surface area contributed by atoms with E-state index in [1.165, 1.54) is 0 Å². The maximum absolute atomic E-state index is 12.0. The molecule has 0 aromatic heterocycles. The topological polar surface area (TPSA) is 55.4 Å². The zero-order valence-corrected chi connectivity index (χ0v) is 12.8. The number of para-hydroxylation sites is 1. The largest absolute Gasteiger partial charge is 0.455 e. The SMILES string of the molecule is O=C(COC(=O)C1CCC1)Nc1ccccc1-c1ccccc1. The molecule has 2 aromatic rings. The van der Waals surface area contributed by atoms with Gasteiger partial charge in [-0.25, -0.2) is 0 Å². The van der Waals surface area contributed by atoms with Gasteiger partial charge in [0, 0.05) is 11.3 Å². The van der Waals surface area contributed by atoms with E-state index in [0.717, 1.165) is 30.4 Å². The van der Waals surface area contributed by atoms with Gasteiger partial charge >= 0.3 is 5.97 Å². The minimum Gasteiger partial charge on any atom is -0.455 e. The first-order valence-corrected chi connectivity index (χ1v) is 7.85. The highest BCUT2D eigenvalue weighted by atomic mass is 16.5. The van der Waals surface area contributed by atoms with E-state index >= 15 is 0 Å². The molecule has 0 bridgehead atoms. The van der Waals surface area contributed by atoms with Crippen LogP contribution in [0.3, 0.4) is 0 Å². The van der Waals surface area contributed by atoms with Crippen LogP contribution in [0.2, 0.25) is 0 Å². The summed E-state index contributed by atoms with van der Waals surface area (Å²) in [6, 6.07) is 17.4. The van der Waals surface area contributed by atoms with Crippen LogP contribution in [0.25, 0.3) is 11.1 Å². The molecule has 0 aliphatic heterocycles. The Morgan fingerprint density at radius 3 is 2.39 bits per heavy atom. The van der Waals surface area contributed by atoms with Crippen LogP contribution in [-0.2, 0) is 14.3 Å². The molecule has 1 saturated carbocycles. The van der Waals surface area contributed by atoms with Crippen molar-refractivity contribution < 1.29 is 14.3 Å². The Labute approximate surface area is 135 Å². The molecule has 4 heteroatoms. The molecular formula is C19H19NO3. The fourth-order valence-corrected chi connectivity index (χ4v) is 2.55. The quantitative estimate of drug-likeness (QED) is 0.858. The van der Waals surface area contributed by atoms with Crippen LogP contribution in [0.5, 0.6) is 0 Å². The van der Waals surface area contributed by atoms with Crippen LogP contribution in [0, 0.1) is 5.92 Å². The van der Waals surface area contributed by atoms with Crippen molar-refractivity contribution in [2.75, 3.05) is 11.9 Å². The van der Waals surface area contributed by atoms with Crippen molar-refractivity contribution in [3.8, 4) is 11.1 Å². The first kappa shape index (κ1) is 15.3. The molecule has 3 rings (SSSR count). The lowest BCUT2D eigenvalue weighted by atomic mass is 9.86. The van der Waals surface area contributed by atoms with Crippen LogP contribution in [0.15, 0.2) is 54.6 Å². The van der Waals surface area contributed by atoms with E-state index in [4.69, 9.17) is 4.74 Å². The fraction of sp³-hybridized carbons (Fsp3) is 0.263. The summed E-state index contributed by atoms with van der Waals surface area (Å²) in [7, 11) is 0. The normalized spacial score (nSPS) is 13.9. The van der Waals surface area contributed by atoms with Gasteiger partial charge in [-0.1, -0.05) is 55.0 Å². The van der Waals surface area contributed by atoms with Gasteiger partial charge in [-0.2, -0.15) is 0 Å². The molecule has 0 atom stereocenters. The average molecular weight is 309 g/mol. The van der Waals surface area contributed by atoms with E-state index in [1.807, 2.05) is 54.6 Å². The summed E-state index contributed by atoms with van der Waals surface area (Å²) in [6.07, 6.45) is 2.81. The standard InChI is InChI=1S/C19H19NO3/c21-18(13-23-19(22)15-9-6-10-15)20-17-12-5-4-11-16(17)14-7-2-1-3-8-14/h1-5,7-8,11-12,15H,6,9-10,13H2,(H,20,21). The number of rotatable bonds is 5. The Morgan fingerprint density at radius 1 is 1.00 bits per heavy atom. The molecule has 0 spiro atoms. The lowest BCUT2D eigenvalue weighted by Crippen LogP contribution is -2.28. The lowest BCUT2D eigenvalue weighted by Gasteiger charge is -2.22. The van der Waals surface area contributed by atoms with E-state index in [-0.39, 0.29) is 24.4 Å². The zero-order chi connectivity index (χ0) is 16.1. The van der Waals surface area contributed by atoms with E-state index in [1.54, 1.807) is 0 Å². The average Bonchev–Trinajstić information content (AvgIpc) is 2.53. The van der Waals surface area contributed by atoms with Crippen molar-refractivity contribution in [3.63, 3.8) is 0 Å². The molecule has 0 saturated heterocycles. The molecular weight excluding hydrogens is 290 g/mol. The Kier molecular flexibility index (Phi) is 4.71. The molecule has 1 amide bonds. The molecule has 1 aliphatic rings. The van der Waals surface area contributed by atoms with Crippen molar-refractivity contribution in [1.29, 1.82) is 0 Å². The first-order chi connectivity index (χ1) is 11.2. The number of esters is 1. The zero-order valence-electron chi connectivity index (χ0n) is 12.8. The van der Waals surface area contributed by atoms with E-state index in [2.05, 4.69) is 5.32 Å². The van der Waals surface area contributed by atoms with Gasteiger partial charge in [0.2, 0.25) is 0 Å². The van der Waals surface area contributed by atoms with Gasteiger partial charge < -0.3 is 10.1 Å². The monoisotopic (exact) mass is 309 g/mol. The van der Waals surface area contributed by atoms with Crippen LogP contribution in [0.4, 0.5) is 5.69 Å². The fourth-order valence-electron chi connectivity index (χ4n) is 2.55. The van der Waals surface area contributed by atoms with Gasteiger partial charge in [0.15, 0.2) is 6.61 Å². The summed E-state index contributed by atoms with van der Waals surface area (Å²) >= 11 is 0.